The van der Waals surface area contributed by atoms with Gasteiger partial charge in [-0.15, -0.1) is 0 Å². The van der Waals surface area contributed by atoms with E-state index in [-0.39, 0.29) is 18.6 Å². The Balaban J connectivity index is 2.12. The van der Waals surface area contributed by atoms with E-state index in [1.165, 1.54) is 4.90 Å². The van der Waals surface area contributed by atoms with Crippen LogP contribution in [0, 0.1) is 0 Å². The predicted octanol–water partition coefficient (Wildman–Crippen LogP) is 1.01. The molecule has 1 fully saturated rings. The van der Waals surface area contributed by atoms with Crippen molar-refractivity contribution in [2.75, 3.05) is 55.1 Å². The van der Waals surface area contributed by atoms with Crippen LogP contribution in [0.1, 0.15) is 18.4 Å². The topological polar surface area (TPSA) is 93.7 Å². The Bertz CT molecular complexity index is 677. The van der Waals surface area contributed by atoms with E-state index in [4.69, 9.17) is 18.9 Å². The van der Waals surface area contributed by atoms with Crippen LogP contribution in [0.2, 0.25) is 0 Å². The summed E-state index contributed by atoms with van der Waals surface area (Å²) in [5.74, 6) is 2.19. The number of guanidine groups is 1. The minimum atomic E-state index is -0.0376. The number of amides is 1. The number of hydrogen-bond acceptors (Lipinski definition) is 6. The van der Waals surface area contributed by atoms with Crippen LogP contribution in [0.15, 0.2) is 17.1 Å². The number of benzene rings is 1. The van der Waals surface area contributed by atoms with Crippen LogP contribution >= 0.6 is 0 Å². The first-order valence-electron chi connectivity index (χ1n) is 9.61. The number of aliphatic imine (C=N–C) groups is 1. The summed E-state index contributed by atoms with van der Waals surface area (Å²) in [6, 6.07) is 3.71. The second-order valence-electron chi connectivity index (χ2n) is 6.86. The van der Waals surface area contributed by atoms with E-state index >= 15 is 0 Å². The quantitative estimate of drug-likeness (QED) is 0.465. The van der Waals surface area contributed by atoms with Crippen molar-refractivity contribution in [2.45, 2.75) is 25.5 Å². The molecule has 2 N–H and O–H groups in total. The molecule has 9 heteroatoms. The molecule has 1 aliphatic heterocycles. The average molecular weight is 408 g/mol. The van der Waals surface area contributed by atoms with Gasteiger partial charge < -0.3 is 34.5 Å². The van der Waals surface area contributed by atoms with Gasteiger partial charge >= 0.3 is 0 Å². The average Bonchev–Trinajstić information content (AvgIpc) is 3.25. The molecular formula is C20H32N4O5. The fraction of sp³-hybridized carbons (Fsp3) is 0.600. The maximum atomic E-state index is 11.9. The zero-order chi connectivity index (χ0) is 21.2. The number of likely N-dealkylation sites (N-methyl/N-ethyl adjacent to an activating group) is 1. The summed E-state index contributed by atoms with van der Waals surface area (Å²) < 4.78 is 21.8. The van der Waals surface area contributed by atoms with Crippen LogP contribution in [-0.4, -0.2) is 78.0 Å². The molecule has 0 bridgehead atoms. The molecule has 0 saturated carbocycles. The van der Waals surface area contributed by atoms with Crippen molar-refractivity contribution < 1.29 is 23.7 Å². The molecule has 0 aromatic heterocycles. The highest BCUT2D eigenvalue weighted by Crippen LogP contribution is 2.38. The minimum absolute atomic E-state index is 0.0376. The largest absolute Gasteiger partial charge is 0.493 e. The van der Waals surface area contributed by atoms with Gasteiger partial charge in [-0.05, 0) is 30.5 Å². The summed E-state index contributed by atoms with van der Waals surface area (Å²) in [6.45, 7) is 1.95. The van der Waals surface area contributed by atoms with Crippen molar-refractivity contribution >= 4 is 11.9 Å². The highest BCUT2D eigenvalue weighted by Gasteiger charge is 2.17. The van der Waals surface area contributed by atoms with Crippen molar-refractivity contribution in [3.63, 3.8) is 0 Å². The van der Waals surface area contributed by atoms with E-state index in [1.54, 1.807) is 35.4 Å². The van der Waals surface area contributed by atoms with E-state index < -0.39 is 0 Å². The van der Waals surface area contributed by atoms with Gasteiger partial charge in [-0.3, -0.25) is 4.79 Å². The maximum absolute atomic E-state index is 11.9. The Morgan fingerprint density at radius 3 is 2.38 bits per heavy atom. The van der Waals surface area contributed by atoms with Gasteiger partial charge in [0.1, 0.15) is 0 Å². The molecule has 1 unspecified atom stereocenters. The van der Waals surface area contributed by atoms with E-state index in [0.29, 0.717) is 36.3 Å². The number of rotatable bonds is 9. The van der Waals surface area contributed by atoms with Gasteiger partial charge in [0.25, 0.3) is 0 Å². The molecule has 1 amide bonds. The molecule has 1 aromatic carbocycles. The highest BCUT2D eigenvalue weighted by molar-refractivity contribution is 5.86. The van der Waals surface area contributed by atoms with Crippen molar-refractivity contribution in [3.05, 3.63) is 17.7 Å². The molecule has 0 aliphatic carbocycles. The van der Waals surface area contributed by atoms with Gasteiger partial charge in [0.2, 0.25) is 11.7 Å². The second kappa shape index (κ2) is 11.4. The van der Waals surface area contributed by atoms with Crippen LogP contribution in [0.3, 0.4) is 0 Å². The standard InChI is InChI=1S/C20H32N4O5/c1-24(2)18(25)13-23-20(22-12-15-7-6-8-29-15)21-11-14-9-16(26-3)19(28-5)17(10-14)27-4/h9-10,15H,6-8,11-13H2,1-5H3,(H2,21,22,23). The van der Waals surface area contributed by atoms with Crippen LogP contribution in [0.25, 0.3) is 0 Å². The summed E-state index contributed by atoms with van der Waals surface area (Å²) in [5, 5.41) is 6.34. The smallest absolute Gasteiger partial charge is 0.241 e. The van der Waals surface area contributed by atoms with E-state index in [1.807, 2.05) is 12.1 Å². The first-order chi connectivity index (χ1) is 14.0. The molecule has 2 rings (SSSR count). The van der Waals surface area contributed by atoms with Crippen molar-refractivity contribution in [2.24, 2.45) is 4.99 Å². The Hall–Kier alpha value is -2.68. The third-order valence-electron chi connectivity index (χ3n) is 4.57. The first kappa shape index (κ1) is 22.6. The third kappa shape index (κ3) is 6.70. The van der Waals surface area contributed by atoms with Crippen LogP contribution in [0.5, 0.6) is 17.2 Å². The lowest BCUT2D eigenvalue weighted by atomic mass is 10.2. The monoisotopic (exact) mass is 408 g/mol. The van der Waals surface area contributed by atoms with Crippen LogP contribution in [-0.2, 0) is 16.1 Å². The number of ether oxygens (including phenoxy) is 4. The van der Waals surface area contributed by atoms with Crippen LogP contribution < -0.4 is 24.8 Å². The van der Waals surface area contributed by atoms with E-state index in [9.17, 15) is 4.79 Å². The van der Waals surface area contributed by atoms with Crippen molar-refractivity contribution in [1.82, 2.24) is 15.5 Å². The molecule has 29 heavy (non-hydrogen) atoms. The molecule has 0 spiro atoms. The Morgan fingerprint density at radius 2 is 1.86 bits per heavy atom. The first-order valence-corrected chi connectivity index (χ1v) is 9.61. The number of carbonyl (C=O) groups excluding carboxylic acids is 1. The molecule has 1 saturated heterocycles. The number of methoxy groups -OCH3 is 3. The Labute approximate surface area is 172 Å². The van der Waals surface area contributed by atoms with E-state index in [0.717, 1.165) is 25.0 Å². The second-order valence-corrected chi connectivity index (χ2v) is 6.86. The molecule has 1 heterocycles. The molecule has 0 radical (unpaired) electrons. The molecule has 1 aliphatic rings. The van der Waals surface area contributed by atoms with Crippen molar-refractivity contribution in [3.8, 4) is 17.2 Å². The number of carbonyl (C=O) groups is 1. The Kier molecular flexibility index (Phi) is 8.85. The molecule has 1 aromatic rings. The van der Waals surface area contributed by atoms with E-state index in [2.05, 4.69) is 15.6 Å². The normalized spacial score (nSPS) is 16.3. The van der Waals surface area contributed by atoms with Gasteiger partial charge in [0, 0.05) is 27.2 Å². The summed E-state index contributed by atoms with van der Waals surface area (Å²) >= 11 is 0. The third-order valence-corrected chi connectivity index (χ3v) is 4.57. The zero-order valence-corrected chi connectivity index (χ0v) is 17.9. The van der Waals surface area contributed by atoms with Crippen LogP contribution in [0.4, 0.5) is 0 Å². The summed E-state index contributed by atoms with van der Waals surface area (Å²) in [6.07, 6.45) is 2.24. The fourth-order valence-corrected chi connectivity index (χ4v) is 2.90. The minimum Gasteiger partial charge on any atom is -0.493 e. The molecular weight excluding hydrogens is 376 g/mol. The van der Waals surface area contributed by atoms with Gasteiger partial charge in [-0.2, -0.15) is 0 Å². The lowest BCUT2D eigenvalue weighted by Crippen LogP contribution is -2.45. The molecule has 162 valence electrons. The fourth-order valence-electron chi connectivity index (χ4n) is 2.90. The number of hydrogen-bond donors (Lipinski definition) is 2. The van der Waals surface area contributed by atoms with Gasteiger partial charge in [0.05, 0.1) is 40.5 Å². The highest BCUT2D eigenvalue weighted by atomic mass is 16.5. The molecule has 9 nitrogen and oxygen atoms in total. The zero-order valence-electron chi connectivity index (χ0n) is 17.9. The van der Waals surface area contributed by atoms with Gasteiger partial charge in [0.15, 0.2) is 17.5 Å². The summed E-state index contributed by atoms with van der Waals surface area (Å²) in [4.78, 5) is 18.1. The van der Waals surface area contributed by atoms with Gasteiger partial charge in [-0.25, -0.2) is 4.99 Å². The Morgan fingerprint density at radius 1 is 1.17 bits per heavy atom. The number of nitrogens with zero attached hydrogens (tertiary/aromatic N) is 2. The SMILES string of the molecule is COc1cc(CN=C(NCC(=O)N(C)C)NCC2CCCO2)cc(OC)c1OC. The summed E-state index contributed by atoms with van der Waals surface area (Å²) in [7, 11) is 8.16. The lowest BCUT2D eigenvalue weighted by molar-refractivity contribution is -0.127. The lowest BCUT2D eigenvalue weighted by Gasteiger charge is -2.17. The molecule has 1 atom stereocenters. The maximum Gasteiger partial charge on any atom is 0.241 e. The number of nitrogens with one attached hydrogen (secondary N) is 2. The summed E-state index contributed by atoms with van der Waals surface area (Å²) in [5.41, 5.74) is 0.886. The predicted molar refractivity (Wildman–Crippen MR) is 111 cm³/mol. The van der Waals surface area contributed by atoms with Gasteiger partial charge in [-0.1, -0.05) is 0 Å². The van der Waals surface area contributed by atoms with Crippen molar-refractivity contribution in [1.29, 1.82) is 0 Å².